The third-order valence-corrected chi connectivity index (χ3v) is 5.08. The van der Waals surface area contributed by atoms with E-state index in [1.807, 2.05) is 39.0 Å². The summed E-state index contributed by atoms with van der Waals surface area (Å²) in [5.74, 6) is 0.337. The lowest BCUT2D eigenvalue weighted by Crippen LogP contribution is -2.44. The van der Waals surface area contributed by atoms with Crippen LogP contribution in [0.3, 0.4) is 0 Å². The number of nitrogens with zero attached hydrogens (tertiary/aromatic N) is 1. The fourth-order valence-corrected chi connectivity index (χ4v) is 3.66. The molecule has 0 unspecified atom stereocenters. The van der Waals surface area contributed by atoms with Gasteiger partial charge in [0.15, 0.2) is 5.78 Å². The maximum absolute atomic E-state index is 12.3. The van der Waals surface area contributed by atoms with E-state index >= 15 is 0 Å². The zero-order chi connectivity index (χ0) is 16.0. The Hall–Kier alpha value is -1.70. The summed E-state index contributed by atoms with van der Waals surface area (Å²) >= 11 is 0. The number of Topliss-reactive ketones (excluding diaryl/α,β-unsaturated/α-hetero) is 1. The number of benzene rings is 1. The Morgan fingerprint density at radius 1 is 1.45 bits per heavy atom. The van der Waals surface area contributed by atoms with E-state index in [0.717, 1.165) is 5.56 Å². The molecule has 0 aromatic heterocycles. The minimum atomic E-state index is -0.686. The molecule has 2 aliphatic heterocycles. The first-order valence-electron chi connectivity index (χ1n) is 7.74. The van der Waals surface area contributed by atoms with Gasteiger partial charge in [-0.25, -0.2) is 0 Å². The number of nitriles is 1. The van der Waals surface area contributed by atoms with Gasteiger partial charge in [0.2, 0.25) is 0 Å². The van der Waals surface area contributed by atoms with E-state index in [4.69, 9.17) is 14.7 Å². The third-order valence-electron chi connectivity index (χ3n) is 5.08. The van der Waals surface area contributed by atoms with Gasteiger partial charge in [0, 0.05) is 12.8 Å². The Labute approximate surface area is 131 Å². The molecule has 0 aliphatic carbocycles. The minimum Gasteiger partial charge on any atom is -0.370 e. The van der Waals surface area contributed by atoms with Crippen molar-refractivity contribution in [2.45, 2.75) is 57.5 Å². The van der Waals surface area contributed by atoms with E-state index in [1.165, 1.54) is 0 Å². The number of ketones is 1. The van der Waals surface area contributed by atoms with Crippen molar-refractivity contribution in [3.05, 3.63) is 35.4 Å². The van der Waals surface area contributed by atoms with Gasteiger partial charge in [0.05, 0.1) is 29.9 Å². The molecule has 0 amide bonds. The SMILES string of the molecule is CC(C)[C@]12C[C@@H](OCc3ccccc3C#N)[C@](C)(CC1=O)O2. The fourth-order valence-electron chi connectivity index (χ4n) is 3.66. The van der Waals surface area contributed by atoms with Crippen LogP contribution in [-0.4, -0.2) is 23.1 Å². The van der Waals surface area contributed by atoms with Crippen molar-refractivity contribution in [3.8, 4) is 6.07 Å². The van der Waals surface area contributed by atoms with Gasteiger partial charge in [0.25, 0.3) is 0 Å². The summed E-state index contributed by atoms with van der Waals surface area (Å²) in [7, 11) is 0. The van der Waals surface area contributed by atoms with Gasteiger partial charge in [-0.15, -0.1) is 0 Å². The molecule has 22 heavy (non-hydrogen) atoms. The molecule has 0 spiro atoms. The highest BCUT2D eigenvalue weighted by atomic mass is 16.6. The second-order valence-electron chi connectivity index (χ2n) is 6.83. The molecule has 2 aliphatic rings. The smallest absolute Gasteiger partial charge is 0.167 e. The van der Waals surface area contributed by atoms with E-state index < -0.39 is 11.2 Å². The van der Waals surface area contributed by atoms with Crippen molar-refractivity contribution in [2.24, 2.45) is 5.92 Å². The molecule has 4 nitrogen and oxygen atoms in total. The fraction of sp³-hybridized carbons (Fsp3) is 0.556. The summed E-state index contributed by atoms with van der Waals surface area (Å²) in [4.78, 5) is 12.3. The molecule has 3 atom stereocenters. The Morgan fingerprint density at radius 3 is 2.82 bits per heavy atom. The van der Waals surface area contributed by atoms with Crippen molar-refractivity contribution < 1.29 is 14.3 Å². The van der Waals surface area contributed by atoms with E-state index in [-0.39, 0.29) is 17.8 Å². The lowest BCUT2D eigenvalue weighted by atomic mass is 9.74. The van der Waals surface area contributed by atoms with E-state index in [9.17, 15) is 4.79 Å². The summed E-state index contributed by atoms with van der Waals surface area (Å²) in [6.45, 7) is 6.38. The van der Waals surface area contributed by atoms with Crippen LogP contribution in [0.4, 0.5) is 0 Å². The van der Waals surface area contributed by atoms with Crippen LogP contribution >= 0.6 is 0 Å². The normalized spacial score (nSPS) is 33.4. The van der Waals surface area contributed by atoms with Crippen molar-refractivity contribution in [1.29, 1.82) is 5.26 Å². The average molecular weight is 299 g/mol. The topological polar surface area (TPSA) is 59.3 Å². The number of fused-ring (bicyclic) bond motifs is 2. The highest BCUT2D eigenvalue weighted by Gasteiger charge is 2.65. The predicted molar refractivity (Wildman–Crippen MR) is 81.0 cm³/mol. The van der Waals surface area contributed by atoms with Crippen molar-refractivity contribution in [2.75, 3.05) is 0 Å². The molecule has 3 rings (SSSR count). The number of ether oxygens (including phenoxy) is 2. The van der Waals surface area contributed by atoms with Crippen LogP contribution in [0.2, 0.25) is 0 Å². The second-order valence-corrected chi connectivity index (χ2v) is 6.83. The van der Waals surface area contributed by atoms with Crippen LogP contribution in [0.5, 0.6) is 0 Å². The zero-order valence-corrected chi connectivity index (χ0v) is 13.3. The summed E-state index contributed by atoms with van der Waals surface area (Å²) in [5, 5.41) is 9.14. The Bertz CT molecular complexity index is 648. The highest BCUT2D eigenvalue weighted by Crippen LogP contribution is 2.53. The van der Waals surface area contributed by atoms with Gasteiger partial charge < -0.3 is 9.47 Å². The molecule has 0 radical (unpaired) electrons. The second kappa shape index (κ2) is 5.19. The van der Waals surface area contributed by atoms with E-state index in [0.29, 0.717) is 25.0 Å². The van der Waals surface area contributed by atoms with Crippen molar-refractivity contribution in [1.82, 2.24) is 0 Å². The van der Waals surface area contributed by atoms with Gasteiger partial charge in [0.1, 0.15) is 5.60 Å². The van der Waals surface area contributed by atoms with Gasteiger partial charge in [-0.1, -0.05) is 32.0 Å². The predicted octanol–water partition coefficient (Wildman–Crippen LogP) is 2.99. The third kappa shape index (κ3) is 2.16. The van der Waals surface area contributed by atoms with E-state index in [2.05, 4.69) is 6.07 Å². The van der Waals surface area contributed by atoms with Crippen molar-refractivity contribution >= 4 is 5.78 Å². The van der Waals surface area contributed by atoms with E-state index in [1.54, 1.807) is 6.07 Å². The number of rotatable bonds is 4. The Morgan fingerprint density at radius 2 is 2.18 bits per heavy atom. The van der Waals surface area contributed by atoms with Gasteiger partial charge in [-0.05, 0) is 24.5 Å². The highest BCUT2D eigenvalue weighted by molar-refractivity contribution is 5.92. The lowest BCUT2D eigenvalue weighted by molar-refractivity contribution is -0.136. The molecular formula is C18H21NO3. The summed E-state index contributed by atoms with van der Waals surface area (Å²) in [6, 6.07) is 9.62. The van der Waals surface area contributed by atoms with Crippen LogP contribution in [0.1, 0.15) is 44.7 Å². The molecule has 1 aromatic carbocycles. The van der Waals surface area contributed by atoms with Crippen LogP contribution in [0.25, 0.3) is 0 Å². The first kappa shape index (κ1) is 15.2. The number of hydrogen-bond acceptors (Lipinski definition) is 4. The molecular weight excluding hydrogens is 278 g/mol. The van der Waals surface area contributed by atoms with Gasteiger partial charge >= 0.3 is 0 Å². The van der Waals surface area contributed by atoms with Crippen molar-refractivity contribution in [3.63, 3.8) is 0 Å². The van der Waals surface area contributed by atoms with Crippen LogP contribution in [-0.2, 0) is 20.9 Å². The first-order valence-corrected chi connectivity index (χ1v) is 7.74. The van der Waals surface area contributed by atoms with Gasteiger partial charge in [-0.2, -0.15) is 5.26 Å². The minimum absolute atomic E-state index is 0.112. The standard InChI is InChI=1S/C18H21NO3/c1-12(2)18-9-16(17(3,22-18)8-15(18)20)21-11-14-7-5-4-6-13(14)10-19/h4-7,12,16H,8-9,11H2,1-3H3/t16-,17+,18-/m1/s1. The Kier molecular flexibility index (Phi) is 3.58. The summed E-state index contributed by atoms with van der Waals surface area (Å²) in [6.07, 6.45) is 0.907. The number of hydrogen-bond donors (Lipinski definition) is 0. The van der Waals surface area contributed by atoms with Crippen LogP contribution < -0.4 is 0 Å². The molecule has 2 fully saturated rings. The molecule has 1 aromatic rings. The zero-order valence-electron chi connectivity index (χ0n) is 13.3. The monoisotopic (exact) mass is 299 g/mol. The summed E-state index contributed by atoms with van der Waals surface area (Å²) in [5.41, 5.74) is 0.282. The summed E-state index contributed by atoms with van der Waals surface area (Å²) < 4.78 is 12.2. The molecule has 116 valence electrons. The average Bonchev–Trinajstić information content (AvgIpc) is 2.93. The quantitative estimate of drug-likeness (QED) is 0.857. The molecule has 2 saturated heterocycles. The molecule has 2 bridgehead atoms. The maximum Gasteiger partial charge on any atom is 0.167 e. The maximum atomic E-state index is 12.3. The first-order chi connectivity index (χ1) is 10.4. The molecule has 0 saturated carbocycles. The largest absolute Gasteiger partial charge is 0.370 e. The van der Waals surface area contributed by atoms with Crippen LogP contribution in [0, 0.1) is 17.2 Å². The lowest BCUT2D eigenvalue weighted by Gasteiger charge is -2.30. The Balaban J connectivity index is 1.76. The molecule has 0 N–H and O–H groups in total. The number of carbonyl (C=O) groups excluding carboxylic acids is 1. The number of carbonyl (C=O) groups is 1. The van der Waals surface area contributed by atoms with Crippen LogP contribution in [0.15, 0.2) is 24.3 Å². The molecule has 4 heteroatoms. The van der Waals surface area contributed by atoms with Gasteiger partial charge in [-0.3, -0.25) is 4.79 Å². The molecule has 2 heterocycles.